The molecule has 0 unspecified atom stereocenters. The van der Waals surface area contributed by atoms with E-state index in [1.165, 1.54) is 12.1 Å². The number of hydrogen-bond acceptors (Lipinski definition) is 4. The Labute approximate surface area is 175 Å². The Bertz CT molecular complexity index is 890. The molecule has 0 bridgehead atoms. The van der Waals surface area contributed by atoms with Crippen molar-refractivity contribution in [3.63, 3.8) is 0 Å². The van der Waals surface area contributed by atoms with Gasteiger partial charge in [0.05, 0.1) is 30.7 Å². The minimum Gasteiger partial charge on any atom is -0.378 e. The summed E-state index contributed by atoms with van der Waals surface area (Å²) >= 11 is 0. The van der Waals surface area contributed by atoms with Crippen molar-refractivity contribution in [3.8, 4) is 0 Å². The van der Waals surface area contributed by atoms with Gasteiger partial charge in [0.1, 0.15) is 5.82 Å². The molecule has 0 aliphatic carbocycles. The third-order valence-corrected chi connectivity index (χ3v) is 5.85. The number of carbonyl (C=O) groups excluding carboxylic acids is 2. The lowest BCUT2D eigenvalue weighted by Crippen LogP contribution is -2.41. The van der Waals surface area contributed by atoms with Crippen LogP contribution >= 0.6 is 0 Å². The molecule has 8 heteroatoms. The first kappa shape index (κ1) is 20.5. The average Bonchev–Trinajstić information content (AvgIpc) is 3.20. The summed E-state index contributed by atoms with van der Waals surface area (Å²) in [5.41, 5.74) is 2.58. The van der Waals surface area contributed by atoms with Crippen LogP contribution in [0.25, 0.3) is 0 Å². The van der Waals surface area contributed by atoms with Crippen LogP contribution in [0.2, 0.25) is 0 Å². The van der Waals surface area contributed by atoms with E-state index in [0.717, 1.165) is 30.6 Å². The summed E-state index contributed by atoms with van der Waals surface area (Å²) < 4.78 is 20.2. The molecule has 160 valence electrons. The number of fused-ring (bicyclic) bond motifs is 1. The molecule has 4 rings (SSSR count). The van der Waals surface area contributed by atoms with E-state index in [4.69, 9.17) is 4.74 Å². The molecular formula is C22H27FN4O3. The van der Waals surface area contributed by atoms with Gasteiger partial charge in [0.25, 0.3) is 5.91 Å². The quantitative estimate of drug-likeness (QED) is 0.782. The number of ether oxygens (including phenoxy) is 1. The van der Waals surface area contributed by atoms with Gasteiger partial charge in [-0.3, -0.25) is 14.3 Å². The van der Waals surface area contributed by atoms with Gasteiger partial charge in [-0.05, 0) is 42.9 Å². The fourth-order valence-electron chi connectivity index (χ4n) is 4.04. The van der Waals surface area contributed by atoms with Crippen molar-refractivity contribution in [2.75, 3.05) is 32.8 Å². The fraction of sp³-hybridized carbons (Fsp3) is 0.500. The van der Waals surface area contributed by atoms with Crippen LogP contribution in [0.1, 0.15) is 34.5 Å². The van der Waals surface area contributed by atoms with Crippen molar-refractivity contribution in [2.45, 2.75) is 32.2 Å². The lowest BCUT2D eigenvalue weighted by atomic mass is 9.94. The second-order valence-corrected chi connectivity index (χ2v) is 7.92. The maximum Gasteiger partial charge on any atom is 0.257 e. The molecule has 0 spiro atoms. The fourth-order valence-corrected chi connectivity index (χ4v) is 4.04. The number of benzene rings is 1. The van der Waals surface area contributed by atoms with Crippen molar-refractivity contribution in [1.29, 1.82) is 0 Å². The first-order valence-electron chi connectivity index (χ1n) is 10.5. The molecule has 1 aromatic heterocycles. The van der Waals surface area contributed by atoms with Crippen molar-refractivity contribution >= 4 is 11.8 Å². The van der Waals surface area contributed by atoms with Crippen LogP contribution in [-0.4, -0.2) is 59.3 Å². The highest BCUT2D eigenvalue weighted by molar-refractivity contribution is 5.95. The van der Waals surface area contributed by atoms with Gasteiger partial charge in [0.15, 0.2) is 0 Å². The number of aromatic nitrogens is 2. The van der Waals surface area contributed by atoms with Crippen LogP contribution < -0.4 is 5.32 Å². The normalized spacial score (nSPS) is 18.7. The number of nitrogens with one attached hydrogen (secondary N) is 1. The maximum absolute atomic E-state index is 13.0. The highest BCUT2D eigenvalue weighted by Gasteiger charge is 2.28. The summed E-state index contributed by atoms with van der Waals surface area (Å²) in [6.07, 6.45) is 4.28. The van der Waals surface area contributed by atoms with Crippen molar-refractivity contribution in [1.82, 2.24) is 20.0 Å². The Morgan fingerprint density at radius 3 is 2.70 bits per heavy atom. The molecule has 2 amide bonds. The molecule has 0 radical (unpaired) electrons. The van der Waals surface area contributed by atoms with E-state index in [1.807, 2.05) is 9.58 Å². The molecule has 1 atom stereocenters. The van der Waals surface area contributed by atoms with Crippen LogP contribution in [-0.2, 0) is 28.9 Å². The highest BCUT2D eigenvalue weighted by Crippen LogP contribution is 2.24. The minimum absolute atomic E-state index is 0.0111. The minimum atomic E-state index is -0.272. The number of amides is 2. The summed E-state index contributed by atoms with van der Waals surface area (Å²) in [6, 6.07) is 6.23. The summed E-state index contributed by atoms with van der Waals surface area (Å²) in [5, 5.41) is 7.41. The predicted octanol–water partition coefficient (Wildman–Crippen LogP) is 1.81. The Kier molecular flexibility index (Phi) is 6.42. The molecule has 2 aromatic rings. The van der Waals surface area contributed by atoms with E-state index in [1.54, 1.807) is 18.3 Å². The molecule has 7 nitrogen and oxygen atoms in total. The molecule has 1 fully saturated rings. The largest absolute Gasteiger partial charge is 0.378 e. The van der Waals surface area contributed by atoms with Gasteiger partial charge in [0, 0.05) is 32.6 Å². The highest BCUT2D eigenvalue weighted by atomic mass is 19.1. The Balaban J connectivity index is 1.28. The summed E-state index contributed by atoms with van der Waals surface area (Å²) in [5.74, 6) is 0.0120. The van der Waals surface area contributed by atoms with Gasteiger partial charge in [-0.15, -0.1) is 0 Å². The van der Waals surface area contributed by atoms with Crippen LogP contribution in [0, 0.1) is 11.7 Å². The molecule has 1 saturated heterocycles. The first-order valence-corrected chi connectivity index (χ1v) is 10.5. The van der Waals surface area contributed by atoms with E-state index in [0.29, 0.717) is 51.3 Å². The number of rotatable bonds is 6. The van der Waals surface area contributed by atoms with Crippen molar-refractivity contribution < 1.29 is 18.7 Å². The number of hydrogen-bond donors (Lipinski definition) is 1. The number of morpholine rings is 1. The second-order valence-electron chi connectivity index (χ2n) is 7.92. The molecule has 1 N–H and O–H groups in total. The van der Waals surface area contributed by atoms with Crippen molar-refractivity contribution in [2.24, 2.45) is 5.92 Å². The average molecular weight is 414 g/mol. The topological polar surface area (TPSA) is 76.5 Å². The number of carbonyl (C=O) groups is 2. The monoisotopic (exact) mass is 414 g/mol. The molecular weight excluding hydrogens is 387 g/mol. The second kappa shape index (κ2) is 9.38. The van der Waals surface area contributed by atoms with Gasteiger partial charge in [0.2, 0.25) is 5.91 Å². The third-order valence-electron chi connectivity index (χ3n) is 5.85. The smallest absolute Gasteiger partial charge is 0.257 e. The van der Waals surface area contributed by atoms with Crippen LogP contribution in [0.3, 0.4) is 0 Å². The molecule has 2 aliphatic heterocycles. The SMILES string of the molecule is O=C(CCc1ccc(F)cc1)NC[C@@H]1CCn2ncc(C(=O)N3CCOCC3)c2C1. The summed E-state index contributed by atoms with van der Waals surface area (Å²) in [4.78, 5) is 26.9. The van der Waals surface area contributed by atoms with Crippen molar-refractivity contribution in [3.05, 3.63) is 53.1 Å². The lowest BCUT2D eigenvalue weighted by molar-refractivity contribution is -0.121. The first-order chi connectivity index (χ1) is 14.6. The Morgan fingerprint density at radius 1 is 1.17 bits per heavy atom. The standard InChI is InChI=1S/C22H27FN4O3/c23-18-4-1-16(2-5-18)3-6-21(28)24-14-17-7-8-27-20(13-17)19(15-25-27)22(29)26-9-11-30-12-10-26/h1-2,4-5,15,17H,3,6-14H2,(H,24,28)/t17-/m1/s1. The zero-order valence-electron chi connectivity index (χ0n) is 17.0. The molecule has 0 saturated carbocycles. The van der Waals surface area contributed by atoms with E-state index in [9.17, 15) is 14.0 Å². The van der Waals surface area contributed by atoms with Gasteiger partial charge in [-0.2, -0.15) is 5.10 Å². The Morgan fingerprint density at radius 2 is 1.93 bits per heavy atom. The lowest BCUT2D eigenvalue weighted by Gasteiger charge is -2.28. The zero-order valence-corrected chi connectivity index (χ0v) is 17.0. The van der Waals surface area contributed by atoms with E-state index in [2.05, 4.69) is 10.4 Å². The zero-order chi connectivity index (χ0) is 20.9. The third kappa shape index (κ3) is 4.87. The molecule has 30 heavy (non-hydrogen) atoms. The van der Waals surface area contributed by atoms with Gasteiger partial charge < -0.3 is 15.0 Å². The summed E-state index contributed by atoms with van der Waals surface area (Å²) in [7, 11) is 0. The molecule has 3 heterocycles. The Hall–Kier alpha value is -2.74. The van der Waals surface area contributed by atoms with E-state index < -0.39 is 0 Å². The van der Waals surface area contributed by atoms with Crippen LogP contribution in [0.4, 0.5) is 4.39 Å². The van der Waals surface area contributed by atoms with Gasteiger partial charge >= 0.3 is 0 Å². The number of nitrogens with zero attached hydrogens (tertiary/aromatic N) is 3. The van der Waals surface area contributed by atoms with E-state index >= 15 is 0 Å². The molecule has 1 aromatic carbocycles. The van der Waals surface area contributed by atoms with Gasteiger partial charge in [-0.1, -0.05) is 12.1 Å². The van der Waals surface area contributed by atoms with Crippen LogP contribution in [0.15, 0.2) is 30.5 Å². The summed E-state index contributed by atoms with van der Waals surface area (Å²) in [6.45, 7) is 3.69. The van der Waals surface area contributed by atoms with Crippen LogP contribution in [0.5, 0.6) is 0 Å². The predicted molar refractivity (Wildman–Crippen MR) is 108 cm³/mol. The van der Waals surface area contributed by atoms with E-state index in [-0.39, 0.29) is 23.5 Å². The maximum atomic E-state index is 13.0. The number of halogens is 1. The van der Waals surface area contributed by atoms with Gasteiger partial charge in [-0.25, -0.2) is 4.39 Å². The number of aryl methyl sites for hydroxylation is 2. The molecule has 2 aliphatic rings.